The number of carboxylic acids is 1. The fourth-order valence-corrected chi connectivity index (χ4v) is 1.63. The molecule has 0 aliphatic heterocycles. The second kappa shape index (κ2) is 7.38. The molecule has 6 nitrogen and oxygen atoms in total. The number of methoxy groups -OCH3 is 2. The Morgan fingerprint density at radius 2 is 1.89 bits per heavy atom. The number of benzene rings is 1. The molecule has 0 unspecified atom stereocenters. The highest BCUT2D eigenvalue weighted by molar-refractivity contribution is 5.78. The number of carbonyl (C=O) groups excluding carboxylic acids is 1. The Bertz CT molecular complexity index is 429. The number of carboxylic acid groups (broad SMARTS) is 1. The summed E-state index contributed by atoms with van der Waals surface area (Å²) < 4.78 is 9.73. The molecule has 0 saturated heterocycles. The summed E-state index contributed by atoms with van der Waals surface area (Å²) in [6, 6.07) is 6.28. The number of rotatable bonds is 7. The van der Waals surface area contributed by atoms with Gasteiger partial charge in [-0.05, 0) is 17.7 Å². The summed E-state index contributed by atoms with van der Waals surface area (Å²) in [5.41, 5.74) is 0.702. The van der Waals surface area contributed by atoms with Gasteiger partial charge in [0.2, 0.25) is 5.91 Å². The van der Waals surface area contributed by atoms with Gasteiger partial charge in [-0.25, -0.2) is 0 Å². The molecular weight excluding hydrogens is 250 g/mol. The molecule has 1 aromatic rings. The zero-order valence-corrected chi connectivity index (χ0v) is 10.9. The Morgan fingerprint density at radius 1 is 1.26 bits per heavy atom. The number of hydrogen-bond acceptors (Lipinski definition) is 4. The highest BCUT2D eigenvalue weighted by atomic mass is 16.5. The number of nitrogens with one attached hydrogen (secondary N) is 1. The molecule has 0 bridgehead atoms. The van der Waals surface area contributed by atoms with Gasteiger partial charge in [-0.1, -0.05) is 12.1 Å². The molecular formula is C13H17NO5. The number of amides is 1. The van der Waals surface area contributed by atoms with Crippen LogP contribution in [-0.4, -0.2) is 37.8 Å². The lowest BCUT2D eigenvalue weighted by atomic mass is 10.0. The topological polar surface area (TPSA) is 84.9 Å². The normalized spacial score (nSPS) is 11.7. The van der Waals surface area contributed by atoms with E-state index >= 15 is 0 Å². The molecule has 0 aliphatic rings. The number of aliphatic carboxylic acids is 1. The first-order valence-corrected chi connectivity index (χ1v) is 5.71. The molecule has 6 heteroatoms. The van der Waals surface area contributed by atoms with Crippen LogP contribution < -0.4 is 10.1 Å². The van der Waals surface area contributed by atoms with E-state index in [1.165, 1.54) is 7.11 Å². The van der Waals surface area contributed by atoms with Crippen molar-refractivity contribution in [2.24, 2.45) is 0 Å². The summed E-state index contributed by atoms with van der Waals surface area (Å²) in [4.78, 5) is 22.3. The molecule has 0 heterocycles. The number of hydrogen-bond donors (Lipinski definition) is 2. The van der Waals surface area contributed by atoms with Crippen molar-refractivity contribution < 1.29 is 24.2 Å². The maximum absolute atomic E-state index is 11.5. The lowest BCUT2D eigenvalue weighted by Gasteiger charge is -2.17. The molecule has 0 radical (unpaired) electrons. The van der Waals surface area contributed by atoms with E-state index in [0.717, 1.165) is 0 Å². The zero-order valence-electron chi connectivity index (χ0n) is 10.9. The minimum Gasteiger partial charge on any atom is -0.497 e. The Hall–Kier alpha value is -2.08. The van der Waals surface area contributed by atoms with Crippen molar-refractivity contribution >= 4 is 11.9 Å². The molecule has 2 N–H and O–H groups in total. The van der Waals surface area contributed by atoms with E-state index in [4.69, 9.17) is 14.6 Å². The van der Waals surface area contributed by atoms with E-state index in [2.05, 4.69) is 5.32 Å². The molecule has 1 atom stereocenters. The molecule has 0 aliphatic carbocycles. The summed E-state index contributed by atoms with van der Waals surface area (Å²) in [5.74, 6) is -0.677. The minimum atomic E-state index is -0.987. The lowest BCUT2D eigenvalue weighted by molar-refractivity contribution is -0.137. The molecule has 104 valence electrons. The van der Waals surface area contributed by atoms with Gasteiger partial charge in [0.15, 0.2) is 0 Å². The monoisotopic (exact) mass is 267 g/mol. The van der Waals surface area contributed by atoms with Gasteiger partial charge in [0.25, 0.3) is 0 Å². The SMILES string of the molecule is COCC(=O)N[C@@H](CC(=O)O)c1ccc(OC)cc1. The van der Waals surface area contributed by atoms with Gasteiger partial charge in [-0.3, -0.25) is 9.59 Å². The Balaban J connectivity index is 2.82. The van der Waals surface area contributed by atoms with E-state index in [1.54, 1.807) is 31.4 Å². The van der Waals surface area contributed by atoms with Crippen LogP contribution in [0.3, 0.4) is 0 Å². The van der Waals surface area contributed by atoms with Crippen LogP contribution in [0.4, 0.5) is 0 Å². The minimum absolute atomic E-state index is 0.105. The van der Waals surface area contributed by atoms with Gasteiger partial charge in [-0.15, -0.1) is 0 Å². The summed E-state index contributed by atoms with van der Waals surface area (Å²) in [6.45, 7) is -0.105. The maximum Gasteiger partial charge on any atom is 0.305 e. The van der Waals surface area contributed by atoms with Crippen LogP contribution in [0.1, 0.15) is 18.0 Å². The third-order valence-electron chi connectivity index (χ3n) is 2.51. The smallest absolute Gasteiger partial charge is 0.305 e. The second-order valence-corrected chi connectivity index (χ2v) is 3.92. The third kappa shape index (κ3) is 4.97. The van der Waals surface area contributed by atoms with Crippen LogP contribution in [-0.2, 0) is 14.3 Å². The van der Waals surface area contributed by atoms with Crippen molar-refractivity contribution in [3.8, 4) is 5.75 Å². The summed E-state index contributed by atoms with van der Waals surface area (Å²) in [7, 11) is 2.95. The fraction of sp³-hybridized carbons (Fsp3) is 0.385. The molecule has 1 amide bonds. The van der Waals surface area contributed by atoms with Crippen molar-refractivity contribution in [2.45, 2.75) is 12.5 Å². The number of ether oxygens (including phenoxy) is 2. The molecule has 1 rings (SSSR count). The summed E-state index contributed by atoms with van der Waals surface area (Å²) in [5, 5.41) is 11.5. The largest absolute Gasteiger partial charge is 0.497 e. The standard InChI is InChI=1S/C13H17NO5/c1-18-8-12(15)14-11(7-13(16)17)9-3-5-10(19-2)6-4-9/h3-6,11H,7-8H2,1-2H3,(H,14,15)(H,16,17)/t11-/m0/s1. The van der Waals surface area contributed by atoms with Crippen molar-refractivity contribution in [1.29, 1.82) is 0 Å². The average molecular weight is 267 g/mol. The van der Waals surface area contributed by atoms with E-state index < -0.39 is 12.0 Å². The molecule has 0 aromatic heterocycles. The first kappa shape index (κ1) is 15.0. The molecule has 0 spiro atoms. The van der Waals surface area contributed by atoms with Gasteiger partial charge in [0.1, 0.15) is 12.4 Å². The van der Waals surface area contributed by atoms with Gasteiger partial charge < -0.3 is 19.9 Å². The Kier molecular flexibility index (Phi) is 5.81. The maximum atomic E-state index is 11.5. The van der Waals surface area contributed by atoms with E-state index in [-0.39, 0.29) is 18.9 Å². The average Bonchev–Trinajstić information content (AvgIpc) is 2.38. The highest BCUT2D eigenvalue weighted by Gasteiger charge is 2.17. The lowest BCUT2D eigenvalue weighted by Crippen LogP contribution is -2.32. The van der Waals surface area contributed by atoms with Gasteiger partial charge in [0, 0.05) is 7.11 Å². The zero-order chi connectivity index (χ0) is 14.3. The molecule has 1 aromatic carbocycles. The van der Waals surface area contributed by atoms with Crippen molar-refractivity contribution in [1.82, 2.24) is 5.32 Å². The molecule has 0 saturated carbocycles. The van der Waals surface area contributed by atoms with Crippen LogP contribution in [0.2, 0.25) is 0 Å². The summed E-state index contributed by atoms with van der Waals surface area (Å²) in [6.07, 6.45) is -0.193. The van der Waals surface area contributed by atoms with Crippen LogP contribution in [0.5, 0.6) is 5.75 Å². The van der Waals surface area contributed by atoms with E-state index in [0.29, 0.717) is 11.3 Å². The first-order chi connectivity index (χ1) is 9.06. The predicted octanol–water partition coefficient (Wildman–Crippen LogP) is 0.974. The van der Waals surface area contributed by atoms with Gasteiger partial charge in [0.05, 0.1) is 19.6 Å². The van der Waals surface area contributed by atoms with Crippen molar-refractivity contribution in [3.05, 3.63) is 29.8 Å². The van der Waals surface area contributed by atoms with Crippen LogP contribution in [0.25, 0.3) is 0 Å². The van der Waals surface area contributed by atoms with Crippen molar-refractivity contribution in [3.63, 3.8) is 0 Å². The molecule has 19 heavy (non-hydrogen) atoms. The Labute approximate surface area is 111 Å². The Morgan fingerprint density at radius 3 is 2.37 bits per heavy atom. The third-order valence-corrected chi connectivity index (χ3v) is 2.51. The predicted molar refractivity (Wildman–Crippen MR) is 68.0 cm³/mol. The van der Waals surface area contributed by atoms with Gasteiger partial charge >= 0.3 is 5.97 Å². The second-order valence-electron chi connectivity index (χ2n) is 3.92. The summed E-state index contributed by atoms with van der Waals surface area (Å²) >= 11 is 0. The number of carbonyl (C=O) groups is 2. The van der Waals surface area contributed by atoms with E-state index in [9.17, 15) is 9.59 Å². The van der Waals surface area contributed by atoms with Gasteiger partial charge in [-0.2, -0.15) is 0 Å². The fourth-order valence-electron chi connectivity index (χ4n) is 1.63. The van der Waals surface area contributed by atoms with Crippen LogP contribution >= 0.6 is 0 Å². The molecule has 0 fully saturated rings. The van der Waals surface area contributed by atoms with Crippen LogP contribution in [0.15, 0.2) is 24.3 Å². The van der Waals surface area contributed by atoms with Crippen LogP contribution in [0, 0.1) is 0 Å². The van der Waals surface area contributed by atoms with Crippen molar-refractivity contribution in [2.75, 3.05) is 20.8 Å². The quantitative estimate of drug-likeness (QED) is 0.769. The van der Waals surface area contributed by atoms with E-state index in [1.807, 2.05) is 0 Å². The first-order valence-electron chi connectivity index (χ1n) is 5.71. The highest BCUT2D eigenvalue weighted by Crippen LogP contribution is 2.20.